The molecule has 148 valence electrons. The largest absolute Gasteiger partial charge is 0.345 e. The predicted molar refractivity (Wildman–Crippen MR) is 115 cm³/mol. The van der Waals surface area contributed by atoms with E-state index in [0.29, 0.717) is 19.0 Å². The summed E-state index contributed by atoms with van der Waals surface area (Å²) in [6, 6.07) is 19.8. The van der Waals surface area contributed by atoms with Gasteiger partial charge in [0.2, 0.25) is 5.95 Å². The summed E-state index contributed by atoms with van der Waals surface area (Å²) in [5.41, 5.74) is 2.72. The van der Waals surface area contributed by atoms with Gasteiger partial charge in [0.1, 0.15) is 0 Å². The van der Waals surface area contributed by atoms with E-state index in [1.54, 1.807) is 0 Å². The highest BCUT2D eigenvalue weighted by Crippen LogP contribution is 2.36. The van der Waals surface area contributed by atoms with Crippen molar-refractivity contribution in [2.45, 2.75) is 25.3 Å². The van der Waals surface area contributed by atoms with Crippen LogP contribution in [0.5, 0.6) is 0 Å². The highest BCUT2D eigenvalue weighted by molar-refractivity contribution is 5.89. The number of para-hydroxylation sites is 1. The molecule has 0 atom stereocenters. The Balaban J connectivity index is 1.50. The quantitative estimate of drug-likeness (QED) is 0.695. The fourth-order valence-corrected chi connectivity index (χ4v) is 3.73. The fourth-order valence-electron chi connectivity index (χ4n) is 3.73. The summed E-state index contributed by atoms with van der Waals surface area (Å²) in [6.07, 6.45) is 5.18. The Labute approximate surface area is 171 Å². The van der Waals surface area contributed by atoms with Crippen LogP contribution in [0.1, 0.15) is 24.0 Å². The highest BCUT2D eigenvalue weighted by atomic mass is 16.2. The van der Waals surface area contributed by atoms with Crippen LogP contribution in [0, 0.1) is 6.92 Å². The lowest BCUT2D eigenvalue weighted by Gasteiger charge is -2.42. The molecule has 6 heteroatoms. The Hall–Kier alpha value is -3.41. The number of aromatic nitrogens is 2. The van der Waals surface area contributed by atoms with Gasteiger partial charge in [0.05, 0.1) is 5.54 Å². The summed E-state index contributed by atoms with van der Waals surface area (Å²) in [7, 11) is 0. The lowest BCUT2D eigenvalue weighted by atomic mass is 9.81. The van der Waals surface area contributed by atoms with Crippen molar-refractivity contribution in [1.29, 1.82) is 0 Å². The van der Waals surface area contributed by atoms with Gasteiger partial charge in [0.25, 0.3) is 0 Å². The zero-order valence-corrected chi connectivity index (χ0v) is 16.5. The van der Waals surface area contributed by atoms with Crippen molar-refractivity contribution in [3.63, 3.8) is 0 Å². The van der Waals surface area contributed by atoms with E-state index in [0.717, 1.165) is 24.1 Å². The number of nitrogens with one attached hydrogen (secondary N) is 2. The maximum absolute atomic E-state index is 12.7. The average Bonchev–Trinajstić information content (AvgIpc) is 2.77. The number of benzene rings is 2. The molecule has 29 heavy (non-hydrogen) atoms. The van der Waals surface area contributed by atoms with Crippen molar-refractivity contribution in [3.8, 4) is 0 Å². The van der Waals surface area contributed by atoms with E-state index in [-0.39, 0.29) is 11.6 Å². The third-order valence-electron chi connectivity index (χ3n) is 5.39. The molecule has 2 N–H and O–H groups in total. The van der Waals surface area contributed by atoms with Crippen molar-refractivity contribution in [2.24, 2.45) is 0 Å². The number of aryl methyl sites for hydroxylation is 1. The highest BCUT2D eigenvalue weighted by Gasteiger charge is 2.38. The van der Waals surface area contributed by atoms with Crippen molar-refractivity contribution in [2.75, 3.05) is 23.7 Å². The van der Waals surface area contributed by atoms with Gasteiger partial charge in [-0.25, -0.2) is 14.8 Å². The summed E-state index contributed by atoms with van der Waals surface area (Å²) in [5.74, 6) is 0.613. The molecule has 0 bridgehead atoms. The van der Waals surface area contributed by atoms with Crippen molar-refractivity contribution in [3.05, 3.63) is 84.2 Å². The van der Waals surface area contributed by atoms with E-state index >= 15 is 0 Å². The van der Waals surface area contributed by atoms with Gasteiger partial charge in [-0.15, -0.1) is 0 Å². The van der Waals surface area contributed by atoms with Gasteiger partial charge < -0.3 is 15.5 Å². The van der Waals surface area contributed by atoms with Gasteiger partial charge in [-0.05, 0) is 43.0 Å². The van der Waals surface area contributed by atoms with Gasteiger partial charge >= 0.3 is 6.03 Å². The average molecular weight is 387 g/mol. The molecule has 0 unspecified atom stereocenters. The molecule has 0 saturated carbocycles. The number of hydrogen-bond acceptors (Lipinski definition) is 4. The van der Waals surface area contributed by atoms with Crippen LogP contribution >= 0.6 is 0 Å². The first-order valence-corrected chi connectivity index (χ1v) is 9.88. The molecule has 6 nitrogen and oxygen atoms in total. The smallest absolute Gasteiger partial charge is 0.321 e. The maximum Gasteiger partial charge on any atom is 0.321 e. The van der Waals surface area contributed by atoms with Crippen LogP contribution in [0.25, 0.3) is 0 Å². The summed E-state index contributed by atoms with van der Waals surface area (Å²) < 4.78 is 0. The van der Waals surface area contributed by atoms with Crippen LogP contribution in [-0.4, -0.2) is 34.0 Å². The van der Waals surface area contributed by atoms with Crippen LogP contribution in [0.15, 0.2) is 73.1 Å². The summed E-state index contributed by atoms with van der Waals surface area (Å²) in [4.78, 5) is 23.4. The standard InChI is InChI=1S/C23H25N5O/c1-18-16-24-21(25-17-18)27-23(19-8-4-2-5-9-19)12-14-28(15-13-23)22(29)26-20-10-6-3-7-11-20/h2-11,16-17H,12-15H2,1H3,(H,26,29)(H,24,25,27). The van der Waals surface area contributed by atoms with E-state index in [2.05, 4.69) is 32.7 Å². The summed E-state index contributed by atoms with van der Waals surface area (Å²) in [6.45, 7) is 3.26. The first-order valence-electron chi connectivity index (χ1n) is 9.88. The van der Waals surface area contributed by atoms with Crippen molar-refractivity contribution >= 4 is 17.7 Å². The second-order valence-electron chi connectivity index (χ2n) is 7.44. The third kappa shape index (κ3) is 4.37. The first-order chi connectivity index (χ1) is 14.1. The van der Waals surface area contributed by atoms with Gasteiger partial charge in [0, 0.05) is 31.2 Å². The normalized spacial score (nSPS) is 15.6. The molecule has 3 aromatic rings. The molecule has 1 fully saturated rings. The predicted octanol–water partition coefficient (Wildman–Crippen LogP) is 4.42. The van der Waals surface area contributed by atoms with Crippen LogP contribution < -0.4 is 10.6 Å². The van der Waals surface area contributed by atoms with Crippen LogP contribution in [0.3, 0.4) is 0 Å². The monoisotopic (exact) mass is 387 g/mol. The number of amides is 2. The zero-order chi connectivity index (χ0) is 20.1. The Morgan fingerprint density at radius 2 is 1.52 bits per heavy atom. The molecule has 4 rings (SSSR count). The summed E-state index contributed by atoms with van der Waals surface area (Å²) >= 11 is 0. The number of carbonyl (C=O) groups is 1. The van der Waals surface area contributed by atoms with Crippen LogP contribution in [0.2, 0.25) is 0 Å². The molecule has 0 spiro atoms. The Kier molecular flexibility index (Phi) is 5.42. The van der Waals surface area contributed by atoms with Gasteiger partial charge in [0.15, 0.2) is 0 Å². The number of rotatable bonds is 4. The molecule has 1 aliphatic rings. The van der Waals surface area contributed by atoms with Crippen LogP contribution in [-0.2, 0) is 5.54 Å². The second kappa shape index (κ2) is 8.31. The molecule has 0 radical (unpaired) electrons. The van der Waals surface area contributed by atoms with E-state index in [4.69, 9.17) is 0 Å². The minimum absolute atomic E-state index is 0.0653. The number of carbonyl (C=O) groups excluding carboxylic acids is 1. The molecule has 2 aromatic carbocycles. The van der Waals surface area contributed by atoms with Crippen molar-refractivity contribution < 1.29 is 4.79 Å². The van der Waals surface area contributed by atoms with E-state index < -0.39 is 0 Å². The summed E-state index contributed by atoms with van der Waals surface area (Å²) in [5, 5.41) is 6.54. The molecular weight excluding hydrogens is 362 g/mol. The molecule has 1 aromatic heterocycles. The number of piperidine rings is 1. The van der Waals surface area contributed by atoms with Gasteiger partial charge in [-0.1, -0.05) is 48.5 Å². The Morgan fingerprint density at radius 3 is 2.14 bits per heavy atom. The molecule has 2 amide bonds. The third-order valence-corrected chi connectivity index (χ3v) is 5.39. The SMILES string of the molecule is Cc1cnc(NC2(c3ccccc3)CCN(C(=O)Nc3ccccc3)CC2)nc1. The minimum Gasteiger partial charge on any atom is -0.345 e. The second-order valence-corrected chi connectivity index (χ2v) is 7.44. The Bertz CT molecular complexity index is 936. The lowest BCUT2D eigenvalue weighted by Crippen LogP contribution is -2.50. The molecule has 1 aliphatic heterocycles. The van der Waals surface area contributed by atoms with E-state index in [1.165, 1.54) is 5.56 Å². The number of likely N-dealkylation sites (tertiary alicyclic amines) is 1. The van der Waals surface area contributed by atoms with Gasteiger partial charge in [-0.2, -0.15) is 0 Å². The number of anilines is 2. The molecule has 0 aliphatic carbocycles. The Morgan fingerprint density at radius 1 is 0.931 bits per heavy atom. The number of urea groups is 1. The van der Waals surface area contributed by atoms with Crippen LogP contribution in [0.4, 0.5) is 16.4 Å². The topological polar surface area (TPSA) is 70.2 Å². The molecular formula is C23H25N5O. The zero-order valence-electron chi connectivity index (χ0n) is 16.5. The fraction of sp³-hybridized carbons (Fsp3) is 0.261. The number of hydrogen-bond donors (Lipinski definition) is 2. The van der Waals surface area contributed by atoms with E-state index in [9.17, 15) is 4.79 Å². The first kappa shape index (κ1) is 18.9. The molecule has 2 heterocycles. The molecule has 1 saturated heterocycles. The van der Waals surface area contributed by atoms with Crippen molar-refractivity contribution in [1.82, 2.24) is 14.9 Å². The minimum atomic E-state index is -0.306. The maximum atomic E-state index is 12.7. The van der Waals surface area contributed by atoms with Gasteiger partial charge in [-0.3, -0.25) is 0 Å². The lowest BCUT2D eigenvalue weighted by molar-refractivity contribution is 0.176. The van der Waals surface area contributed by atoms with E-state index in [1.807, 2.05) is 72.7 Å². The number of nitrogens with zero attached hydrogens (tertiary/aromatic N) is 3.